The number of nitrogens with zero attached hydrogens (tertiary/aromatic N) is 4. The van der Waals surface area contributed by atoms with Crippen molar-refractivity contribution in [2.24, 2.45) is 0 Å². The molecule has 0 atom stereocenters. The Labute approximate surface area is 151 Å². The summed E-state index contributed by atoms with van der Waals surface area (Å²) in [5.41, 5.74) is -1.35. The van der Waals surface area contributed by atoms with Crippen molar-refractivity contribution in [2.45, 2.75) is 6.92 Å². The summed E-state index contributed by atoms with van der Waals surface area (Å²) in [6.45, 7) is 1.48. The van der Waals surface area contributed by atoms with Gasteiger partial charge in [0.15, 0.2) is 5.75 Å². The van der Waals surface area contributed by atoms with Gasteiger partial charge in [-0.25, -0.2) is 0 Å². The van der Waals surface area contributed by atoms with Gasteiger partial charge in [0, 0.05) is 18.1 Å². The first-order valence-corrected chi connectivity index (χ1v) is 7.42. The highest BCUT2D eigenvalue weighted by molar-refractivity contribution is 6.16. The molecule has 10 heteroatoms. The number of aryl methyl sites for hydroxylation is 1. The summed E-state index contributed by atoms with van der Waals surface area (Å²) in [6.07, 6.45) is 0. The van der Waals surface area contributed by atoms with Gasteiger partial charge in [0.05, 0.1) is 16.6 Å². The first-order valence-electron chi connectivity index (χ1n) is 7.42. The van der Waals surface area contributed by atoms with Crippen LogP contribution in [-0.2, 0) is 0 Å². The molecule has 0 unspecified atom stereocenters. The van der Waals surface area contributed by atoms with Crippen molar-refractivity contribution < 1.29 is 24.5 Å². The van der Waals surface area contributed by atoms with Gasteiger partial charge in [-0.2, -0.15) is 10.2 Å². The summed E-state index contributed by atoms with van der Waals surface area (Å²) in [5, 5.41) is 43.8. The maximum absolute atomic E-state index is 13.0. The molecule has 3 aromatic rings. The van der Waals surface area contributed by atoms with Crippen molar-refractivity contribution in [1.82, 2.24) is 10.1 Å². The number of hydrogen-bond acceptors (Lipinski definition) is 9. The molecular formula is C17H10N4O6. The predicted molar refractivity (Wildman–Crippen MR) is 89.0 cm³/mol. The minimum absolute atomic E-state index is 0.0312. The maximum atomic E-state index is 13.0. The molecule has 27 heavy (non-hydrogen) atoms. The fourth-order valence-corrected chi connectivity index (χ4v) is 2.48. The van der Waals surface area contributed by atoms with Crippen LogP contribution in [-0.4, -0.2) is 31.1 Å². The zero-order valence-electron chi connectivity index (χ0n) is 13.7. The molecule has 0 amide bonds. The van der Waals surface area contributed by atoms with E-state index >= 15 is 0 Å². The third-order valence-corrected chi connectivity index (χ3v) is 3.71. The molecule has 0 radical (unpaired) electrons. The second-order valence-electron chi connectivity index (χ2n) is 5.43. The fraction of sp³-hybridized carbons (Fsp3) is 0.0588. The van der Waals surface area contributed by atoms with Crippen LogP contribution in [0.1, 0.15) is 27.4 Å². The van der Waals surface area contributed by atoms with Gasteiger partial charge in [-0.1, -0.05) is 5.16 Å². The number of aromatic hydroxyl groups is 2. The van der Waals surface area contributed by atoms with Gasteiger partial charge in [0.2, 0.25) is 23.2 Å². The van der Waals surface area contributed by atoms with Crippen LogP contribution < -0.4 is 0 Å². The molecule has 0 spiro atoms. The molecule has 0 fully saturated rings. The Balaban J connectivity index is 2.31. The van der Waals surface area contributed by atoms with Crippen LogP contribution in [0.15, 0.2) is 34.9 Å². The van der Waals surface area contributed by atoms with Crippen molar-refractivity contribution in [3.05, 3.63) is 63.0 Å². The molecule has 0 aliphatic rings. The summed E-state index contributed by atoms with van der Waals surface area (Å²) in [5.74, 6) is -2.71. The first-order chi connectivity index (χ1) is 12.8. The maximum Gasteiger partial charge on any atom is 0.326 e. The molecular weight excluding hydrogens is 356 g/mol. The minimum atomic E-state index is -1.05. The second kappa shape index (κ2) is 6.57. The quantitative estimate of drug-likeness (QED) is 0.305. The Morgan fingerprint density at radius 3 is 2.48 bits per heavy atom. The number of nitro groups is 1. The smallest absolute Gasteiger partial charge is 0.326 e. The Bertz CT molecular complexity index is 1110. The molecule has 2 aromatic carbocycles. The van der Waals surface area contributed by atoms with E-state index in [1.807, 2.05) is 6.07 Å². The van der Waals surface area contributed by atoms with E-state index in [1.165, 1.54) is 31.2 Å². The highest BCUT2D eigenvalue weighted by Gasteiger charge is 2.33. The minimum Gasteiger partial charge on any atom is -0.504 e. The molecule has 0 aliphatic carbocycles. The number of aromatic nitrogens is 2. The number of hydrogen-bond donors (Lipinski definition) is 2. The number of benzene rings is 2. The van der Waals surface area contributed by atoms with Crippen LogP contribution in [0.4, 0.5) is 5.69 Å². The largest absolute Gasteiger partial charge is 0.504 e. The lowest BCUT2D eigenvalue weighted by molar-refractivity contribution is -0.386. The first kappa shape index (κ1) is 17.6. The van der Waals surface area contributed by atoms with E-state index in [0.29, 0.717) is 5.56 Å². The second-order valence-corrected chi connectivity index (χ2v) is 5.43. The zero-order chi connectivity index (χ0) is 19.7. The van der Waals surface area contributed by atoms with Gasteiger partial charge >= 0.3 is 5.69 Å². The topological polar surface area (TPSA) is 163 Å². The molecule has 0 bridgehead atoms. The molecule has 10 nitrogen and oxygen atoms in total. The number of nitriles is 1. The van der Waals surface area contributed by atoms with E-state index in [-0.39, 0.29) is 22.8 Å². The SMILES string of the molecule is Cc1nc(-c2cc(O)c(O)c([N+](=O)[O-])c2C(=O)c2ccc(C#N)cc2)no1. The average Bonchev–Trinajstić information content (AvgIpc) is 3.08. The fourth-order valence-electron chi connectivity index (χ4n) is 2.48. The summed E-state index contributed by atoms with van der Waals surface area (Å²) in [4.78, 5) is 27.4. The number of carbonyl (C=O) groups excluding carboxylic acids is 1. The summed E-state index contributed by atoms with van der Waals surface area (Å²) < 4.78 is 4.84. The van der Waals surface area contributed by atoms with E-state index in [9.17, 15) is 25.1 Å². The number of phenolic OH excluding ortho intramolecular Hbond substituents is 2. The number of phenols is 2. The third kappa shape index (κ3) is 3.05. The molecule has 0 saturated carbocycles. The normalized spacial score (nSPS) is 10.4. The average molecular weight is 366 g/mol. The van der Waals surface area contributed by atoms with Gasteiger partial charge < -0.3 is 14.7 Å². The Morgan fingerprint density at radius 2 is 1.96 bits per heavy atom. The molecule has 134 valence electrons. The van der Waals surface area contributed by atoms with Crippen molar-refractivity contribution in [2.75, 3.05) is 0 Å². The lowest BCUT2D eigenvalue weighted by Gasteiger charge is -2.10. The predicted octanol–water partition coefficient (Wildman–Crippen LogP) is 2.47. The van der Waals surface area contributed by atoms with E-state index in [1.54, 1.807) is 0 Å². The third-order valence-electron chi connectivity index (χ3n) is 3.71. The van der Waals surface area contributed by atoms with Crippen LogP contribution in [0, 0.1) is 28.4 Å². The lowest BCUT2D eigenvalue weighted by atomic mass is 9.94. The highest BCUT2D eigenvalue weighted by Crippen LogP contribution is 2.44. The highest BCUT2D eigenvalue weighted by atomic mass is 16.6. The number of rotatable bonds is 4. The zero-order valence-corrected chi connectivity index (χ0v) is 13.7. The van der Waals surface area contributed by atoms with Gasteiger partial charge in [-0.15, -0.1) is 0 Å². The molecule has 1 heterocycles. The van der Waals surface area contributed by atoms with E-state index in [0.717, 1.165) is 6.07 Å². The van der Waals surface area contributed by atoms with Crippen LogP contribution >= 0.6 is 0 Å². The summed E-state index contributed by atoms with van der Waals surface area (Å²) in [6, 6.07) is 8.23. The van der Waals surface area contributed by atoms with Crippen LogP contribution in [0.3, 0.4) is 0 Å². The van der Waals surface area contributed by atoms with E-state index in [4.69, 9.17) is 9.78 Å². The van der Waals surface area contributed by atoms with Crippen molar-refractivity contribution in [3.63, 3.8) is 0 Å². The Hall–Kier alpha value is -4.26. The monoisotopic (exact) mass is 366 g/mol. The lowest BCUT2D eigenvalue weighted by Crippen LogP contribution is -2.09. The molecule has 2 N–H and O–H groups in total. The van der Waals surface area contributed by atoms with Gasteiger partial charge in [-0.05, 0) is 30.3 Å². The van der Waals surface area contributed by atoms with E-state index in [2.05, 4.69) is 10.1 Å². The molecule has 1 aromatic heterocycles. The number of ketones is 1. The Kier molecular flexibility index (Phi) is 4.27. The number of carbonyl (C=O) groups is 1. The summed E-state index contributed by atoms with van der Waals surface area (Å²) >= 11 is 0. The van der Waals surface area contributed by atoms with Crippen LogP contribution in [0.2, 0.25) is 0 Å². The summed E-state index contributed by atoms with van der Waals surface area (Å²) in [7, 11) is 0. The van der Waals surface area contributed by atoms with Crippen molar-refractivity contribution >= 4 is 11.5 Å². The van der Waals surface area contributed by atoms with Crippen LogP contribution in [0.5, 0.6) is 11.5 Å². The Morgan fingerprint density at radius 1 is 1.30 bits per heavy atom. The van der Waals surface area contributed by atoms with Crippen molar-refractivity contribution in [3.8, 4) is 29.0 Å². The van der Waals surface area contributed by atoms with E-state index < -0.39 is 33.5 Å². The molecule has 0 aliphatic heterocycles. The molecule has 3 rings (SSSR count). The van der Waals surface area contributed by atoms with Crippen molar-refractivity contribution in [1.29, 1.82) is 5.26 Å². The molecule has 0 saturated heterocycles. The van der Waals surface area contributed by atoms with Crippen LogP contribution in [0.25, 0.3) is 11.4 Å². The number of nitro benzene ring substituents is 1. The van der Waals surface area contributed by atoms with Gasteiger partial charge in [0.1, 0.15) is 5.56 Å². The standard InChI is InChI=1S/C17H10N4O6/c1-8-19-17(20-27-8)11-6-12(22)16(24)14(21(25)26)13(11)15(23)10-4-2-9(7-18)3-5-10/h2-6,22,24H,1H3. The van der Waals surface area contributed by atoms with Gasteiger partial charge in [0.25, 0.3) is 0 Å². The van der Waals surface area contributed by atoms with Gasteiger partial charge in [-0.3, -0.25) is 14.9 Å².